The molecule has 4 rings (SSSR count). The van der Waals surface area contributed by atoms with Gasteiger partial charge in [0.1, 0.15) is 12.3 Å². The highest BCUT2D eigenvalue weighted by atomic mass is 35.5. The molecule has 3 aromatic rings. The number of hydrogen-bond donors (Lipinski definition) is 1. The molecule has 0 saturated carbocycles. The molecular formula is C26H26Cl2N2O4S. The molecule has 1 amide bonds. The Bertz CT molecular complexity index is 1320. The van der Waals surface area contributed by atoms with Crippen molar-refractivity contribution in [2.75, 3.05) is 18.0 Å². The maximum Gasteiger partial charge on any atom is 0.264 e. The van der Waals surface area contributed by atoms with Gasteiger partial charge in [-0.15, -0.1) is 0 Å². The van der Waals surface area contributed by atoms with Gasteiger partial charge in [-0.3, -0.25) is 9.10 Å². The third kappa shape index (κ3) is 5.74. The largest absolute Gasteiger partial charge is 0.497 e. The monoisotopic (exact) mass is 532 g/mol. The lowest BCUT2D eigenvalue weighted by molar-refractivity contribution is -0.120. The fraction of sp³-hybridized carbons (Fsp3) is 0.269. The Balaban J connectivity index is 1.64. The number of halogens is 2. The third-order valence-electron chi connectivity index (χ3n) is 6.03. The first-order valence-corrected chi connectivity index (χ1v) is 13.4. The van der Waals surface area contributed by atoms with Gasteiger partial charge in [0.25, 0.3) is 10.0 Å². The molecule has 0 bridgehead atoms. The molecule has 0 fully saturated rings. The fourth-order valence-electron chi connectivity index (χ4n) is 4.27. The Morgan fingerprint density at radius 2 is 1.74 bits per heavy atom. The lowest BCUT2D eigenvalue weighted by atomic mass is 9.87. The van der Waals surface area contributed by atoms with E-state index < -0.39 is 22.5 Å². The molecule has 3 aromatic carbocycles. The zero-order valence-corrected chi connectivity index (χ0v) is 21.8. The number of nitrogens with zero attached hydrogens (tertiary/aromatic N) is 1. The summed E-state index contributed by atoms with van der Waals surface area (Å²) in [7, 11) is -2.45. The normalized spacial score (nSPS) is 15.3. The van der Waals surface area contributed by atoms with E-state index in [1.54, 1.807) is 19.2 Å². The van der Waals surface area contributed by atoms with Crippen LogP contribution in [-0.2, 0) is 21.2 Å². The summed E-state index contributed by atoms with van der Waals surface area (Å²) in [5.41, 5.74) is 3.27. The molecule has 1 aliphatic carbocycles. The maximum absolute atomic E-state index is 13.6. The predicted molar refractivity (Wildman–Crippen MR) is 139 cm³/mol. The molecule has 1 aliphatic rings. The van der Waals surface area contributed by atoms with Gasteiger partial charge >= 0.3 is 0 Å². The van der Waals surface area contributed by atoms with Gasteiger partial charge in [-0.25, -0.2) is 8.42 Å². The van der Waals surface area contributed by atoms with Crippen LogP contribution in [0.4, 0.5) is 5.69 Å². The molecule has 0 spiro atoms. The third-order valence-corrected chi connectivity index (χ3v) is 8.26. The number of nitrogens with one attached hydrogen (secondary N) is 1. The van der Waals surface area contributed by atoms with E-state index in [0.717, 1.165) is 46.0 Å². The fourth-order valence-corrected chi connectivity index (χ4v) is 6.19. The average Bonchev–Trinajstić information content (AvgIpc) is 2.82. The summed E-state index contributed by atoms with van der Waals surface area (Å²) >= 11 is 12.3. The minimum Gasteiger partial charge on any atom is -0.497 e. The summed E-state index contributed by atoms with van der Waals surface area (Å²) in [5, 5.41) is 3.56. The molecule has 184 valence electrons. The number of amides is 1. The predicted octanol–water partition coefficient (Wildman–Crippen LogP) is 5.70. The number of hydrogen-bond acceptors (Lipinski definition) is 4. The maximum atomic E-state index is 13.6. The zero-order valence-electron chi connectivity index (χ0n) is 19.4. The molecule has 0 heterocycles. The van der Waals surface area contributed by atoms with Crippen LogP contribution in [0.5, 0.6) is 5.75 Å². The van der Waals surface area contributed by atoms with Crippen molar-refractivity contribution in [1.82, 2.24) is 5.32 Å². The lowest BCUT2D eigenvalue weighted by Crippen LogP contribution is -2.42. The molecule has 0 radical (unpaired) electrons. The van der Waals surface area contributed by atoms with E-state index >= 15 is 0 Å². The van der Waals surface area contributed by atoms with E-state index in [4.69, 9.17) is 27.9 Å². The number of aryl methyl sites for hydroxylation is 2. The van der Waals surface area contributed by atoms with Crippen LogP contribution in [0.25, 0.3) is 0 Å². The zero-order chi connectivity index (χ0) is 25.2. The molecule has 0 aromatic heterocycles. The number of carbonyl (C=O) groups is 1. The first-order chi connectivity index (χ1) is 16.7. The Labute approximate surface area is 215 Å². The van der Waals surface area contributed by atoms with Gasteiger partial charge < -0.3 is 10.1 Å². The molecule has 1 N–H and O–H groups in total. The van der Waals surface area contributed by atoms with Gasteiger partial charge in [0.2, 0.25) is 5.91 Å². The molecule has 35 heavy (non-hydrogen) atoms. The first kappa shape index (κ1) is 25.4. The average molecular weight is 533 g/mol. The van der Waals surface area contributed by atoms with Crippen LogP contribution >= 0.6 is 23.2 Å². The van der Waals surface area contributed by atoms with E-state index in [0.29, 0.717) is 0 Å². The van der Waals surface area contributed by atoms with Gasteiger partial charge in [0.05, 0.1) is 23.7 Å². The minimum atomic E-state index is -4.07. The van der Waals surface area contributed by atoms with Crippen molar-refractivity contribution in [3.05, 3.63) is 87.4 Å². The minimum absolute atomic E-state index is 0.0714. The SMILES string of the molecule is COc1ccc2c(c1)CCCC2NC(=O)CN(c1cc(Cl)cc(Cl)c1)S(=O)(=O)c1ccc(C)cc1. The second-order valence-electron chi connectivity index (χ2n) is 8.53. The quantitative estimate of drug-likeness (QED) is 0.423. The van der Waals surface area contributed by atoms with Gasteiger partial charge in [-0.2, -0.15) is 0 Å². The van der Waals surface area contributed by atoms with Crippen molar-refractivity contribution in [3.63, 3.8) is 0 Å². The van der Waals surface area contributed by atoms with Crippen molar-refractivity contribution in [3.8, 4) is 5.75 Å². The van der Waals surface area contributed by atoms with E-state index in [9.17, 15) is 13.2 Å². The topological polar surface area (TPSA) is 75.7 Å². The number of carbonyl (C=O) groups excluding carboxylic acids is 1. The van der Waals surface area contributed by atoms with Crippen molar-refractivity contribution in [2.24, 2.45) is 0 Å². The molecule has 1 unspecified atom stereocenters. The van der Waals surface area contributed by atoms with E-state index in [1.165, 1.54) is 30.3 Å². The summed E-state index contributed by atoms with van der Waals surface area (Å²) in [6.07, 6.45) is 2.56. The Morgan fingerprint density at radius 1 is 1.06 bits per heavy atom. The Morgan fingerprint density at radius 3 is 2.40 bits per heavy atom. The van der Waals surface area contributed by atoms with Gasteiger partial charge in [0.15, 0.2) is 0 Å². The van der Waals surface area contributed by atoms with Crippen molar-refractivity contribution < 1.29 is 17.9 Å². The number of rotatable bonds is 7. The molecule has 1 atom stereocenters. The number of ether oxygens (including phenoxy) is 1. The van der Waals surface area contributed by atoms with Crippen molar-refractivity contribution >= 4 is 44.8 Å². The van der Waals surface area contributed by atoms with E-state index in [1.807, 2.05) is 25.1 Å². The molecule has 9 heteroatoms. The summed E-state index contributed by atoms with van der Waals surface area (Å²) < 4.78 is 33.6. The van der Waals surface area contributed by atoms with Gasteiger partial charge in [-0.05, 0) is 79.8 Å². The van der Waals surface area contributed by atoms with Crippen LogP contribution in [-0.4, -0.2) is 28.0 Å². The summed E-state index contributed by atoms with van der Waals surface area (Å²) in [6.45, 7) is 1.45. The smallest absolute Gasteiger partial charge is 0.264 e. The van der Waals surface area contributed by atoms with Crippen LogP contribution < -0.4 is 14.4 Å². The highest BCUT2D eigenvalue weighted by molar-refractivity contribution is 7.92. The van der Waals surface area contributed by atoms with Gasteiger partial charge in [0, 0.05) is 10.0 Å². The van der Waals surface area contributed by atoms with Crippen molar-refractivity contribution in [1.29, 1.82) is 0 Å². The van der Waals surface area contributed by atoms with Crippen LogP contribution in [0.1, 0.15) is 35.6 Å². The molecule has 0 aliphatic heterocycles. The van der Waals surface area contributed by atoms with Crippen LogP contribution in [0.3, 0.4) is 0 Å². The van der Waals surface area contributed by atoms with Gasteiger partial charge in [-0.1, -0.05) is 47.0 Å². The van der Waals surface area contributed by atoms with E-state index in [2.05, 4.69) is 5.32 Å². The highest BCUT2D eigenvalue weighted by Crippen LogP contribution is 2.33. The summed E-state index contributed by atoms with van der Waals surface area (Å²) in [6, 6.07) is 16.5. The highest BCUT2D eigenvalue weighted by Gasteiger charge is 2.29. The first-order valence-electron chi connectivity index (χ1n) is 11.2. The second kappa shape index (κ2) is 10.5. The van der Waals surface area contributed by atoms with E-state index in [-0.39, 0.29) is 26.7 Å². The molecule has 6 nitrogen and oxygen atoms in total. The van der Waals surface area contributed by atoms with Crippen LogP contribution in [0.2, 0.25) is 10.0 Å². The van der Waals surface area contributed by atoms with Crippen LogP contribution in [0.15, 0.2) is 65.6 Å². The number of sulfonamides is 1. The number of benzene rings is 3. The lowest BCUT2D eigenvalue weighted by Gasteiger charge is -2.29. The number of methoxy groups -OCH3 is 1. The standard InChI is InChI=1S/C26H26Cl2N2O4S/c1-17-6-9-23(10-7-17)35(32,33)30(21-14-19(27)13-20(28)15-21)16-26(31)29-25-5-3-4-18-12-22(34-2)8-11-24(18)25/h6-15,25H,3-5,16H2,1-2H3,(H,29,31). The Hall–Kier alpha value is -2.74. The molecular weight excluding hydrogens is 507 g/mol. The number of fused-ring (bicyclic) bond motifs is 1. The van der Waals surface area contributed by atoms with Crippen LogP contribution in [0, 0.1) is 6.92 Å². The summed E-state index contributed by atoms with van der Waals surface area (Å²) in [4.78, 5) is 13.3. The summed E-state index contributed by atoms with van der Waals surface area (Å²) in [5.74, 6) is 0.342. The van der Waals surface area contributed by atoms with Crippen molar-refractivity contribution in [2.45, 2.75) is 37.1 Å². The second-order valence-corrected chi connectivity index (χ2v) is 11.3. The molecule has 0 saturated heterocycles. The number of anilines is 1. The Kier molecular flexibility index (Phi) is 7.59.